The lowest BCUT2D eigenvalue weighted by molar-refractivity contribution is -0.121. The van der Waals surface area contributed by atoms with Gasteiger partial charge in [-0.05, 0) is 44.0 Å². The molecule has 1 saturated heterocycles. The average molecular weight is 303 g/mol. The molecule has 22 heavy (non-hydrogen) atoms. The summed E-state index contributed by atoms with van der Waals surface area (Å²) in [6.07, 6.45) is 3.56. The first-order valence-corrected chi connectivity index (χ1v) is 8.06. The minimum absolute atomic E-state index is 0.0676. The highest BCUT2D eigenvalue weighted by atomic mass is 16.5. The van der Waals surface area contributed by atoms with E-state index in [9.17, 15) is 4.79 Å². The third-order valence-electron chi connectivity index (χ3n) is 4.57. The molecule has 3 rings (SSSR count). The lowest BCUT2D eigenvalue weighted by Crippen LogP contribution is -2.43. The molecule has 120 valence electrons. The van der Waals surface area contributed by atoms with Crippen LogP contribution >= 0.6 is 0 Å². The number of carbonyl (C=O) groups excluding carboxylic acids is 1. The molecule has 2 fully saturated rings. The Kier molecular flexibility index (Phi) is 4.64. The highest BCUT2D eigenvalue weighted by molar-refractivity contribution is 5.78. The molecule has 1 heterocycles. The number of benzene rings is 1. The Morgan fingerprint density at radius 2 is 2.18 bits per heavy atom. The molecule has 1 aliphatic heterocycles. The number of nitrogens with one attached hydrogen (secondary N) is 2. The molecular weight excluding hydrogens is 278 g/mol. The number of amides is 1. The monoisotopic (exact) mass is 303 g/mol. The smallest absolute Gasteiger partial charge is 0.234 e. The molecule has 0 spiro atoms. The van der Waals surface area contributed by atoms with Gasteiger partial charge in [-0.25, -0.2) is 0 Å². The van der Waals surface area contributed by atoms with Gasteiger partial charge in [-0.1, -0.05) is 12.1 Å². The molecule has 1 aromatic carbocycles. The second kappa shape index (κ2) is 6.67. The Morgan fingerprint density at radius 1 is 1.36 bits per heavy atom. The normalized spacial score (nSPS) is 25.2. The van der Waals surface area contributed by atoms with Crippen molar-refractivity contribution < 1.29 is 9.53 Å². The van der Waals surface area contributed by atoms with E-state index in [1.54, 1.807) is 14.2 Å². The zero-order valence-electron chi connectivity index (χ0n) is 13.3. The number of carbonyl (C=O) groups is 1. The first kappa shape index (κ1) is 15.3. The quantitative estimate of drug-likeness (QED) is 0.832. The predicted octanol–water partition coefficient (Wildman–Crippen LogP) is 1.31. The van der Waals surface area contributed by atoms with Crippen molar-refractivity contribution in [2.24, 2.45) is 0 Å². The molecule has 2 atom stereocenters. The fourth-order valence-corrected chi connectivity index (χ4v) is 3.45. The Morgan fingerprint density at radius 3 is 2.86 bits per heavy atom. The Bertz CT molecular complexity index is 530. The number of likely N-dealkylation sites (N-methyl/N-ethyl adjacent to an activating group) is 1. The number of likely N-dealkylation sites (tertiary alicyclic amines) is 1. The molecule has 0 radical (unpaired) electrons. The molecule has 1 aromatic rings. The van der Waals surface area contributed by atoms with Gasteiger partial charge < -0.3 is 15.4 Å². The number of methoxy groups -OCH3 is 1. The van der Waals surface area contributed by atoms with Crippen LogP contribution in [0.4, 0.5) is 0 Å². The molecule has 1 amide bonds. The lowest BCUT2D eigenvalue weighted by Gasteiger charge is -2.29. The van der Waals surface area contributed by atoms with Crippen LogP contribution in [-0.2, 0) is 4.79 Å². The van der Waals surface area contributed by atoms with Gasteiger partial charge in [0.15, 0.2) is 0 Å². The largest absolute Gasteiger partial charge is 0.497 e. The maximum absolute atomic E-state index is 12.0. The van der Waals surface area contributed by atoms with Crippen LogP contribution in [0.3, 0.4) is 0 Å². The zero-order chi connectivity index (χ0) is 15.5. The first-order chi connectivity index (χ1) is 10.7. The average Bonchev–Trinajstić information content (AvgIpc) is 3.29. The van der Waals surface area contributed by atoms with Gasteiger partial charge in [0.1, 0.15) is 5.75 Å². The first-order valence-electron chi connectivity index (χ1n) is 8.06. The predicted molar refractivity (Wildman–Crippen MR) is 85.9 cm³/mol. The van der Waals surface area contributed by atoms with Gasteiger partial charge in [0, 0.05) is 18.6 Å². The van der Waals surface area contributed by atoms with Crippen molar-refractivity contribution in [2.45, 2.75) is 37.4 Å². The van der Waals surface area contributed by atoms with Crippen LogP contribution in [0.2, 0.25) is 0 Å². The van der Waals surface area contributed by atoms with Gasteiger partial charge in [-0.15, -0.1) is 0 Å². The van der Waals surface area contributed by atoms with Crippen molar-refractivity contribution in [2.75, 3.05) is 27.2 Å². The van der Waals surface area contributed by atoms with E-state index in [0.717, 1.165) is 18.7 Å². The van der Waals surface area contributed by atoms with Crippen LogP contribution in [0.25, 0.3) is 0 Å². The molecule has 0 aromatic heterocycles. The van der Waals surface area contributed by atoms with Gasteiger partial charge in [-0.3, -0.25) is 9.69 Å². The summed E-state index contributed by atoms with van der Waals surface area (Å²) in [5.74, 6) is 0.943. The van der Waals surface area contributed by atoms with Gasteiger partial charge in [0.05, 0.1) is 19.7 Å². The van der Waals surface area contributed by atoms with E-state index in [-0.39, 0.29) is 18.0 Å². The third-order valence-corrected chi connectivity index (χ3v) is 4.57. The summed E-state index contributed by atoms with van der Waals surface area (Å²) < 4.78 is 5.36. The molecule has 2 aliphatic rings. The zero-order valence-corrected chi connectivity index (χ0v) is 13.3. The van der Waals surface area contributed by atoms with Crippen LogP contribution in [0.1, 0.15) is 30.9 Å². The summed E-state index contributed by atoms with van der Waals surface area (Å²) in [4.78, 5) is 14.5. The highest BCUT2D eigenvalue weighted by Gasteiger charge is 2.43. The molecular formula is C17H25N3O2. The van der Waals surface area contributed by atoms with Crippen LogP contribution in [0, 0.1) is 0 Å². The van der Waals surface area contributed by atoms with E-state index < -0.39 is 0 Å². The van der Waals surface area contributed by atoms with Gasteiger partial charge in [0.25, 0.3) is 0 Å². The summed E-state index contributed by atoms with van der Waals surface area (Å²) in [7, 11) is 3.49. The van der Waals surface area contributed by atoms with Crippen LogP contribution in [-0.4, -0.2) is 50.1 Å². The molecule has 5 nitrogen and oxygen atoms in total. The van der Waals surface area contributed by atoms with E-state index in [1.807, 2.05) is 12.1 Å². The molecule has 1 saturated carbocycles. The van der Waals surface area contributed by atoms with Crippen molar-refractivity contribution in [3.8, 4) is 5.75 Å². The Balaban J connectivity index is 1.81. The fourth-order valence-electron chi connectivity index (χ4n) is 3.45. The number of nitrogens with zero attached hydrogens (tertiary/aromatic N) is 1. The Hall–Kier alpha value is -1.59. The maximum atomic E-state index is 12.0. The van der Waals surface area contributed by atoms with Crippen LogP contribution < -0.4 is 15.4 Å². The fraction of sp³-hybridized carbons (Fsp3) is 0.588. The minimum atomic E-state index is 0.0676. The molecule has 0 bridgehead atoms. The highest BCUT2D eigenvalue weighted by Crippen LogP contribution is 2.41. The van der Waals surface area contributed by atoms with E-state index in [4.69, 9.17) is 4.74 Å². The van der Waals surface area contributed by atoms with Crippen molar-refractivity contribution in [3.05, 3.63) is 29.8 Å². The number of hydrogen-bond acceptors (Lipinski definition) is 4. The summed E-state index contributed by atoms with van der Waals surface area (Å²) in [5.41, 5.74) is 1.23. The van der Waals surface area contributed by atoms with Crippen LogP contribution in [0.5, 0.6) is 5.75 Å². The SMILES string of the molecule is CNCC(=O)NC1CCN(C2CC2)C1c1cccc(OC)c1. The van der Waals surface area contributed by atoms with Crippen molar-refractivity contribution in [3.63, 3.8) is 0 Å². The van der Waals surface area contributed by atoms with E-state index in [1.165, 1.54) is 18.4 Å². The molecule has 2 N–H and O–H groups in total. The second-order valence-corrected chi connectivity index (χ2v) is 6.18. The molecule has 5 heteroatoms. The lowest BCUT2D eigenvalue weighted by atomic mass is 9.99. The van der Waals surface area contributed by atoms with E-state index in [2.05, 4.69) is 27.7 Å². The maximum Gasteiger partial charge on any atom is 0.234 e. The standard InChI is InChI=1S/C17H25N3O2/c1-18-11-16(21)19-15-8-9-20(13-6-7-13)17(15)12-4-3-5-14(10-12)22-2/h3-5,10,13,15,17-18H,6-9,11H2,1-2H3,(H,19,21). The third kappa shape index (κ3) is 3.25. The minimum Gasteiger partial charge on any atom is -0.497 e. The topological polar surface area (TPSA) is 53.6 Å². The van der Waals surface area contributed by atoms with Crippen LogP contribution in [0.15, 0.2) is 24.3 Å². The van der Waals surface area contributed by atoms with E-state index in [0.29, 0.717) is 12.6 Å². The second-order valence-electron chi connectivity index (χ2n) is 6.18. The van der Waals surface area contributed by atoms with Crippen molar-refractivity contribution >= 4 is 5.91 Å². The summed E-state index contributed by atoms with van der Waals surface area (Å²) >= 11 is 0. The number of ether oxygens (including phenoxy) is 1. The van der Waals surface area contributed by atoms with Crippen molar-refractivity contribution in [1.82, 2.24) is 15.5 Å². The van der Waals surface area contributed by atoms with Gasteiger partial charge in [-0.2, -0.15) is 0 Å². The number of hydrogen-bond donors (Lipinski definition) is 2. The van der Waals surface area contributed by atoms with Gasteiger partial charge in [0.2, 0.25) is 5.91 Å². The summed E-state index contributed by atoms with van der Waals surface area (Å²) in [6, 6.07) is 9.35. The molecule has 2 unspecified atom stereocenters. The number of rotatable bonds is 6. The van der Waals surface area contributed by atoms with E-state index >= 15 is 0 Å². The summed E-state index contributed by atoms with van der Waals surface area (Å²) in [6.45, 7) is 1.42. The van der Waals surface area contributed by atoms with Crippen molar-refractivity contribution in [1.29, 1.82) is 0 Å². The van der Waals surface area contributed by atoms with Gasteiger partial charge >= 0.3 is 0 Å². The summed E-state index contributed by atoms with van der Waals surface area (Å²) in [5, 5.41) is 6.11. The Labute approximate surface area is 132 Å². The molecule has 1 aliphatic carbocycles.